The summed E-state index contributed by atoms with van der Waals surface area (Å²) in [7, 11) is 3.40. The van der Waals surface area contributed by atoms with Gasteiger partial charge in [-0.1, -0.05) is 0 Å². The van der Waals surface area contributed by atoms with Gasteiger partial charge in [0.2, 0.25) is 5.95 Å². The van der Waals surface area contributed by atoms with Crippen molar-refractivity contribution in [2.24, 2.45) is 12.8 Å². The lowest BCUT2D eigenvalue weighted by atomic mass is 10.1. The highest BCUT2D eigenvalue weighted by atomic mass is 19.1. The molecule has 3 rings (SSSR count). The highest BCUT2D eigenvalue weighted by Gasteiger charge is 2.20. The molecular formula is C13H12FN7O. The molecule has 3 aromatic heterocycles. The van der Waals surface area contributed by atoms with Crippen LogP contribution in [0.5, 0.6) is 0 Å². The number of imidazole rings is 1. The van der Waals surface area contributed by atoms with Crippen LogP contribution in [0.3, 0.4) is 0 Å². The second-order valence-electron chi connectivity index (χ2n) is 4.58. The average Bonchev–Trinajstić information content (AvgIpc) is 2.88. The first kappa shape index (κ1) is 13.9. The third kappa shape index (κ3) is 2.03. The molecule has 0 atom stereocenters. The van der Waals surface area contributed by atoms with Gasteiger partial charge in [-0.3, -0.25) is 9.78 Å². The van der Waals surface area contributed by atoms with Gasteiger partial charge in [0, 0.05) is 20.3 Å². The summed E-state index contributed by atoms with van der Waals surface area (Å²) in [4.78, 5) is 27.4. The summed E-state index contributed by atoms with van der Waals surface area (Å²) in [5.41, 5.74) is 6.78. The van der Waals surface area contributed by atoms with E-state index in [2.05, 4.69) is 25.3 Å². The van der Waals surface area contributed by atoms with Crippen LogP contribution in [0, 0.1) is 5.95 Å². The summed E-state index contributed by atoms with van der Waals surface area (Å²) in [5, 5.41) is 2.74. The molecule has 22 heavy (non-hydrogen) atoms. The molecule has 0 radical (unpaired) electrons. The first-order valence-electron chi connectivity index (χ1n) is 6.33. The number of nitrogens with zero attached hydrogens (tertiary/aromatic N) is 5. The molecule has 0 aliphatic rings. The second kappa shape index (κ2) is 5.02. The van der Waals surface area contributed by atoms with Crippen molar-refractivity contribution in [3.8, 4) is 11.3 Å². The summed E-state index contributed by atoms with van der Waals surface area (Å²) in [6.45, 7) is 0. The van der Waals surface area contributed by atoms with Gasteiger partial charge < -0.3 is 15.6 Å². The molecule has 1 amide bonds. The number of hydrogen-bond donors (Lipinski definition) is 2. The number of rotatable bonds is 3. The van der Waals surface area contributed by atoms with E-state index in [9.17, 15) is 9.18 Å². The van der Waals surface area contributed by atoms with Crippen molar-refractivity contribution in [2.75, 3.05) is 12.4 Å². The van der Waals surface area contributed by atoms with Gasteiger partial charge >= 0.3 is 0 Å². The van der Waals surface area contributed by atoms with Gasteiger partial charge in [-0.15, -0.1) is 0 Å². The van der Waals surface area contributed by atoms with Gasteiger partial charge in [-0.05, 0) is 0 Å². The summed E-state index contributed by atoms with van der Waals surface area (Å²) in [6.07, 6.45) is 4.81. The normalized spacial score (nSPS) is 10.9. The molecule has 0 unspecified atom stereocenters. The third-order valence-corrected chi connectivity index (χ3v) is 3.22. The maximum absolute atomic E-state index is 13.8. The SMILES string of the molecule is CNc1nc(F)c(C(N)=O)nc1-c1cncc2c1ncn2C. The number of hydrogen-bond acceptors (Lipinski definition) is 6. The van der Waals surface area contributed by atoms with Crippen LogP contribution in [-0.2, 0) is 7.05 Å². The van der Waals surface area contributed by atoms with Gasteiger partial charge in [0.15, 0.2) is 11.5 Å². The highest BCUT2D eigenvalue weighted by Crippen LogP contribution is 2.29. The van der Waals surface area contributed by atoms with Crippen molar-refractivity contribution < 1.29 is 9.18 Å². The van der Waals surface area contributed by atoms with Crippen LogP contribution < -0.4 is 11.1 Å². The zero-order valence-corrected chi connectivity index (χ0v) is 11.8. The average molecular weight is 301 g/mol. The zero-order valence-electron chi connectivity index (χ0n) is 11.8. The number of primary amides is 1. The lowest BCUT2D eigenvalue weighted by Crippen LogP contribution is -2.18. The van der Waals surface area contributed by atoms with Crippen LogP contribution >= 0.6 is 0 Å². The number of fused-ring (bicyclic) bond motifs is 1. The maximum Gasteiger partial charge on any atom is 0.272 e. The van der Waals surface area contributed by atoms with Gasteiger partial charge in [-0.25, -0.2) is 9.97 Å². The number of carbonyl (C=O) groups is 1. The van der Waals surface area contributed by atoms with E-state index in [4.69, 9.17) is 5.73 Å². The monoisotopic (exact) mass is 301 g/mol. The maximum atomic E-state index is 13.8. The molecule has 0 saturated heterocycles. The van der Waals surface area contributed by atoms with E-state index >= 15 is 0 Å². The van der Waals surface area contributed by atoms with Gasteiger partial charge in [-0.2, -0.15) is 9.37 Å². The van der Waals surface area contributed by atoms with Crippen molar-refractivity contribution in [3.63, 3.8) is 0 Å². The van der Waals surface area contributed by atoms with Gasteiger partial charge in [0.25, 0.3) is 5.91 Å². The van der Waals surface area contributed by atoms with Crippen LogP contribution in [0.1, 0.15) is 10.5 Å². The number of amides is 1. The van der Waals surface area contributed by atoms with E-state index in [0.29, 0.717) is 11.1 Å². The van der Waals surface area contributed by atoms with E-state index in [-0.39, 0.29) is 11.5 Å². The molecule has 9 heteroatoms. The van der Waals surface area contributed by atoms with E-state index < -0.39 is 17.5 Å². The van der Waals surface area contributed by atoms with Crippen LogP contribution in [0.2, 0.25) is 0 Å². The summed E-state index contributed by atoms with van der Waals surface area (Å²) < 4.78 is 15.5. The van der Waals surface area contributed by atoms with Gasteiger partial charge in [0.1, 0.15) is 11.2 Å². The summed E-state index contributed by atoms with van der Waals surface area (Å²) in [6, 6.07) is 0. The molecule has 3 N–H and O–H groups in total. The largest absolute Gasteiger partial charge is 0.371 e. The Labute approximate surface area is 124 Å². The van der Waals surface area contributed by atoms with E-state index in [1.807, 2.05) is 7.05 Å². The Balaban J connectivity index is 2.34. The van der Waals surface area contributed by atoms with Gasteiger partial charge in [0.05, 0.1) is 23.6 Å². The minimum atomic E-state index is -1.03. The number of nitrogens with one attached hydrogen (secondary N) is 1. The molecule has 0 aromatic carbocycles. The fraction of sp³-hybridized carbons (Fsp3) is 0.154. The van der Waals surface area contributed by atoms with Crippen molar-refractivity contribution >= 4 is 22.8 Å². The van der Waals surface area contributed by atoms with E-state index in [1.165, 1.54) is 6.20 Å². The summed E-state index contributed by atoms with van der Waals surface area (Å²) >= 11 is 0. The Morgan fingerprint density at radius 1 is 1.36 bits per heavy atom. The Morgan fingerprint density at radius 2 is 2.14 bits per heavy atom. The Morgan fingerprint density at radius 3 is 2.82 bits per heavy atom. The Bertz CT molecular complexity index is 889. The molecule has 3 heterocycles. The number of nitrogens with two attached hydrogens (primary N) is 1. The number of carbonyl (C=O) groups excluding carboxylic acids is 1. The molecule has 0 saturated carbocycles. The molecular weight excluding hydrogens is 289 g/mol. The van der Waals surface area contributed by atoms with Crippen LogP contribution in [-0.4, -0.2) is 37.5 Å². The lowest BCUT2D eigenvalue weighted by Gasteiger charge is -2.09. The third-order valence-electron chi connectivity index (χ3n) is 3.22. The van der Waals surface area contributed by atoms with Crippen molar-refractivity contribution in [1.29, 1.82) is 0 Å². The van der Waals surface area contributed by atoms with Crippen LogP contribution in [0.4, 0.5) is 10.2 Å². The molecule has 0 fully saturated rings. The molecule has 0 bridgehead atoms. The van der Waals surface area contributed by atoms with Crippen molar-refractivity contribution in [2.45, 2.75) is 0 Å². The van der Waals surface area contributed by atoms with Crippen LogP contribution in [0.25, 0.3) is 22.3 Å². The van der Waals surface area contributed by atoms with E-state index in [0.717, 1.165) is 5.52 Å². The predicted octanol–water partition coefficient (Wildman–Crippen LogP) is 0.705. The first-order valence-corrected chi connectivity index (χ1v) is 6.33. The number of halogens is 1. The molecule has 8 nitrogen and oxygen atoms in total. The summed E-state index contributed by atoms with van der Waals surface area (Å²) in [5.74, 6) is -1.85. The molecule has 0 spiro atoms. The Hall–Kier alpha value is -3.10. The molecule has 112 valence electrons. The smallest absolute Gasteiger partial charge is 0.272 e. The van der Waals surface area contributed by atoms with E-state index in [1.54, 1.807) is 24.1 Å². The van der Waals surface area contributed by atoms with Crippen LogP contribution in [0.15, 0.2) is 18.7 Å². The highest BCUT2D eigenvalue weighted by molar-refractivity contribution is 5.95. The fourth-order valence-electron chi connectivity index (χ4n) is 2.15. The van der Waals surface area contributed by atoms with Crippen molar-refractivity contribution in [1.82, 2.24) is 24.5 Å². The molecule has 3 aromatic rings. The topological polar surface area (TPSA) is 112 Å². The molecule has 0 aliphatic carbocycles. The minimum Gasteiger partial charge on any atom is -0.371 e. The minimum absolute atomic E-state index is 0.169. The number of anilines is 1. The first-order chi connectivity index (χ1) is 10.5. The second-order valence-corrected chi connectivity index (χ2v) is 4.58. The Kier molecular flexibility index (Phi) is 3.17. The number of pyridine rings is 1. The quantitative estimate of drug-likeness (QED) is 0.736. The lowest BCUT2D eigenvalue weighted by molar-refractivity contribution is 0.0990. The standard InChI is InChI=1S/C13H12FN7O/c1-16-13-9(19-10(12(15)22)11(14)20-13)6-3-17-4-7-8(6)18-5-21(7)2/h3-5H,1-2H3,(H2,15,22)(H,16,20). The number of aromatic nitrogens is 5. The van der Waals surface area contributed by atoms with Crippen molar-refractivity contribution in [3.05, 3.63) is 30.4 Å². The predicted molar refractivity (Wildman–Crippen MR) is 77.6 cm³/mol. The fourth-order valence-corrected chi connectivity index (χ4v) is 2.15. The molecule has 0 aliphatic heterocycles. The zero-order chi connectivity index (χ0) is 15.9. The number of aryl methyl sites for hydroxylation is 1.